The number of allylic oxidation sites excluding steroid dienone is 2. The fourth-order valence-corrected chi connectivity index (χ4v) is 2.91. The van der Waals surface area contributed by atoms with E-state index >= 15 is 0 Å². The van der Waals surface area contributed by atoms with Crippen LogP contribution in [-0.2, 0) is 0 Å². The molecule has 4 nitrogen and oxygen atoms in total. The monoisotopic (exact) mass is 235 g/mol. The van der Waals surface area contributed by atoms with Crippen LogP contribution in [0.4, 0.5) is 4.79 Å². The molecule has 3 aliphatic carbocycles. The Hall–Kier alpha value is -1.32. The van der Waals surface area contributed by atoms with Gasteiger partial charge in [0.2, 0.25) is 0 Å². The largest absolute Gasteiger partial charge is 0.337 e. The summed E-state index contributed by atoms with van der Waals surface area (Å²) in [5.74, 6) is 1.45. The van der Waals surface area contributed by atoms with Gasteiger partial charge in [-0.15, -0.1) is 0 Å². The Morgan fingerprint density at radius 1 is 1.65 bits per heavy atom. The van der Waals surface area contributed by atoms with Crippen LogP contribution in [0, 0.1) is 17.3 Å². The van der Waals surface area contributed by atoms with Crippen molar-refractivity contribution in [2.75, 3.05) is 6.54 Å². The van der Waals surface area contributed by atoms with Gasteiger partial charge in [-0.3, -0.25) is 0 Å². The maximum atomic E-state index is 11.1. The van der Waals surface area contributed by atoms with Crippen molar-refractivity contribution in [1.82, 2.24) is 10.7 Å². The highest BCUT2D eigenvalue weighted by atomic mass is 16.2. The first-order chi connectivity index (χ1) is 8.05. The van der Waals surface area contributed by atoms with E-state index in [4.69, 9.17) is 0 Å². The summed E-state index contributed by atoms with van der Waals surface area (Å²) in [6.07, 6.45) is 6.47. The van der Waals surface area contributed by atoms with Gasteiger partial charge in [-0.1, -0.05) is 19.9 Å². The molecule has 2 bridgehead atoms. The summed E-state index contributed by atoms with van der Waals surface area (Å²) >= 11 is 0. The van der Waals surface area contributed by atoms with Gasteiger partial charge in [0.15, 0.2) is 0 Å². The second kappa shape index (κ2) is 4.51. The molecule has 0 aromatic heterocycles. The molecule has 4 heteroatoms. The van der Waals surface area contributed by atoms with Crippen LogP contribution in [0.3, 0.4) is 0 Å². The average molecular weight is 235 g/mol. The molecule has 0 heterocycles. The van der Waals surface area contributed by atoms with E-state index in [0.29, 0.717) is 17.9 Å². The Labute approximate surface area is 103 Å². The molecule has 1 fully saturated rings. The first-order valence-corrected chi connectivity index (χ1v) is 6.32. The molecule has 3 rings (SSSR count). The zero-order chi connectivity index (χ0) is 12.5. The maximum Gasteiger partial charge on any atom is 0.335 e. The Morgan fingerprint density at radius 3 is 3.00 bits per heavy atom. The average Bonchev–Trinajstić information content (AvgIpc) is 2.29. The van der Waals surface area contributed by atoms with Crippen LogP contribution >= 0.6 is 0 Å². The number of carbonyl (C=O) groups excluding carboxylic acids is 1. The van der Waals surface area contributed by atoms with Gasteiger partial charge in [0.25, 0.3) is 0 Å². The van der Waals surface area contributed by atoms with Crippen LogP contribution in [0.1, 0.15) is 33.6 Å². The Bertz CT molecular complexity index is 371. The maximum absolute atomic E-state index is 11.1. The molecule has 17 heavy (non-hydrogen) atoms. The fourth-order valence-electron chi connectivity index (χ4n) is 2.91. The number of urea groups is 1. The topological polar surface area (TPSA) is 53.5 Å². The second-order valence-corrected chi connectivity index (χ2v) is 5.48. The molecule has 2 N–H and O–H groups in total. The molecule has 0 aromatic rings. The minimum absolute atomic E-state index is 0.245. The molecule has 3 aliphatic rings. The lowest BCUT2D eigenvalue weighted by Gasteiger charge is -2.55. The third kappa shape index (κ3) is 2.21. The van der Waals surface area contributed by atoms with Crippen LogP contribution in [0.5, 0.6) is 0 Å². The lowest BCUT2D eigenvalue weighted by atomic mass is 9.49. The van der Waals surface area contributed by atoms with E-state index < -0.39 is 0 Å². The molecule has 2 unspecified atom stereocenters. The summed E-state index contributed by atoms with van der Waals surface area (Å²) in [5, 5.41) is 6.64. The molecule has 0 spiro atoms. The highest BCUT2D eigenvalue weighted by molar-refractivity contribution is 5.82. The van der Waals surface area contributed by atoms with Gasteiger partial charge >= 0.3 is 6.03 Å². The van der Waals surface area contributed by atoms with Gasteiger partial charge in [0.05, 0.1) is 6.21 Å². The van der Waals surface area contributed by atoms with E-state index in [1.807, 2.05) is 6.92 Å². The molecule has 0 aliphatic heterocycles. The number of hydrogen-bond donors (Lipinski definition) is 2. The molecular formula is C13H21N3O. The van der Waals surface area contributed by atoms with E-state index in [-0.39, 0.29) is 6.03 Å². The lowest BCUT2D eigenvalue weighted by molar-refractivity contribution is -0.00126. The predicted octanol–water partition coefficient (Wildman–Crippen LogP) is 2.28. The third-order valence-corrected chi connectivity index (χ3v) is 4.23. The first kappa shape index (κ1) is 12.1. The number of rotatable bonds is 3. The molecule has 0 saturated heterocycles. The molecule has 1 saturated carbocycles. The van der Waals surface area contributed by atoms with E-state index in [0.717, 1.165) is 12.3 Å². The SMILES string of the molecule is CCNC(=O)NN=CC1=CCC2CC1C2(C)C. The standard InChI is InChI=1S/C13H21N3O/c1-4-14-12(17)16-15-8-9-5-6-10-7-11(9)13(10,2)3/h5,8,10-11H,4,6-7H2,1-3H3,(H2,14,16,17). The van der Waals surface area contributed by atoms with Crippen LogP contribution in [0.25, 0.3) is 0 Å². The van der Waals surface area contributed by atoms with Gasteiger partial charge in [-0.25, -0.2) is 10.2 Å². The molecule has 94 valence electrons. The summed E-state index contributed by atoms with van der Waals surface area (Å²) in [6.45, 7) is 7.14. The second-order valence-electron chi connectivity index (χ2n) is 5.48. The van der Waals surface area contributed by atoms with Crippen molar-refractivity contribution in [1.29, 1.82) is 0 Å². The molecule has 2 amide bonds. The zero-order valence-electron chi connectivity index (χ0n) is 10.8. The van der Waals surface area contributed by atoms with Crippen molar-refractivity contribution < 1.29 is 4.79 Å². The van der Waals surface area contributed by atoms with Gasteiger partial charge in [-0.05, 0) is 42.6 Å². The fraction of sp³-hybridized carbons (Fsp3) is 0.692. The summed E-state index contributed by atoms with van der Waals surface area (Å²) in [7, 11) is 0. The number of amides is 2. The van der Waals surface area contributed by atoms with Crippen molar-refractivity contribution in [2.24, 2.45) is 22.4 Å². The minimum Gasteiger partial charge on any atom is -0.337 e. The van der Waals surface area contributed by atoms with Crippen molar-refractivity contribution in [3.8, 4) is 0 Å². The van der Waals surface area contributed by atoms with E-state index in [2.05, 4.69) is 35.8 Å². The number of hydrazone groups is 1. The predicted molar refractivity (Wildman–Crippen MR) is 68.8 cm³/mol. The number of hydrogen-bond acceptors (Lipinski definition) is 2. The summed E-state index contributed by atoms with van der Waals surface area (Å²) in [6, 6.07) is -0.245. The molecule has 2 atom stereocenters. The smallest absolute Gasteiger partial charge is 0.335 e. The van der Waals surface area contributed by atoms with Crippen LogP contribution in [-0.4, -0.2) is 18.8 Å². The lowest BCUT2D eigenvalue weighted by Crippen LogP contribution is -2.48. The Balaban J connectivity index is 1.90. The number of fused-ring (bicyclic) bond motifs is 1. The normalized spacial score (nSPS) is 29.5. The first-order valence-electron chi connectivity index (χ1n) is 6.32. The zero-order valence-corrected chi connectivity index (χ0v) is 10.8. The van der Waals surface area contributed by atoms with Gasteiger partial charge < -0.3 is 5.32 Å². The summed E-state index contributed by atoms with van der Waals surface area (Å²) < 4.78 is 0. The highest BCUT2D eigenvalue weighted by Gasteiger charge is 2.50. The number of carbonyl (C=O) groups is 1. The summed E-state index contributed by atoms with van der Waals surface area (Å²) in [5.41, 5.74) is 4.15. The van der Waals surface area contributed by atoms with E-state index in [1.54, 1.807) is 6.21 Å². The molecule has 0 radical (unpaired) electrons. The van der Waals surface area contributed by atoms with E-state index in [9.17, 15) is 4.79 Å². The number of nitrogens with one attached hydrogen (secondary N) is 2. The summed E-state index contributed by atoms with van der Waals surface area (Å²) in [4.78, 5) is 11.1. The van der Waals surface area contributed by atoms with Crippen LogP contribution in [0.15, 0.2) is 16.8 Å². The van der Waals surface area contributed by atoms with Crippen molar-refractivity contribution in [3.05, 3.63) is 11.6 Å². The van der Waals surface area contributed by atoms with Gasteiger partial charge in [0.1, 0.15) is 0 Å². The third-order valence-electron chi connectivity index (χ3n) is 4.23. The quantitative estimate of drug-likeness (QED) is 0.572. The Morgan fingerprint density at radius 2 is 2.41 bits per heavy atom. The van der Waals surface area contributed by atoms with E-state index in [1.165, 1.54) is 12.0 Å². The van der Waals surface area contributed by atoms with Gasteiger partial charge in [0, 0.05) is 6.54 Å². The Kier molecular flexibility index (Phi) is 3.22. The highest BCUT2D eigenvalue weighted by Crippen LogP contribution is 2.58. The van der Waals surface area contributed by atoms with Crippen molar-refractivity contribution >= 4 is 12.2 Å². The van der Waals surface area contributed by atoms with Crippen LogP contribution < -0.4 is 10.7 Å². The van der Waals surface area contributed by atoms with Gasteiger partial charge in [-0.2, -0.15) is 5.10 Å². The minimum atomic E-state index is -0.245. The number of nitrogens with zero attached hydrogens (tertiary/aromatic N) is 1. The van der Waals surface area contributed by atoms with Crippen molar-refractivity contribution in [3.63, 3.8) is 0 Å². The molecular weight excluding hydrogens is 214 g/mol. The van der Waals surface area contributed by atoms with Crippen LogP contribution in [0.2, 0.25) is 0 Å². The molecule has 0 aromatic carbocycles. The van der Waals surface area contributed by atoms with Crippen molar-refractivity contribution in [2.45, 2.75) is 33.6 Å².